The van der Waals surface area contributed by atoms with E-state index >= 15 is 0 Å². The normalized spacial score (nSPS) is 20.6. The van der Waals surface area contributed by atoms with Gasteiger partial charge in [0.1, 0.15) is 0 Å². The van der Waals surface area contributed by atoms with Gasteiger partial charge in [-0.2, -0.15) is 0 Å². The topological polar surface area (TPSA) is 46.5 Å². The molecule has 1 aliphatic heterocycles. The van der Waals surface area contributed by atoms with Crippen LogP contribution in [0.1, 0.15) is 24.9 Å². The number of nitrogens with one attached hydrogen (secondary N) is 1. The van der Waals surface area contributed by atoms with Crippen molar-refractivity contribution >= 4 is 16.9 Å². The standard InChI is InChI=1S/C13H19N3OS/c1-10(11-4-3-6-14-8-11)15-13-16-12(9-18-13)5-7-17-2/h3-4,6,8,10,12H,5,7,9H2,1-2H3,(H,15,16). The smallest absolute Gasteiger partial charge is 0.157 e. The maximum atomic E-state index is 5.08. The van der Waals surface area contributed by atoms with Crippen LogP contribution in [0.3, 0.4) is 0 Å². The number of nitrogens with zero attached hydrogens (tertiary/aromatic N) is 2. The number of hydrogen-bond acceptors (Lipinski definition) is 5. The van der Waals surface area contributed by atoms with E-state index in [1.54, 1.807) is 25.1 Å². The summed E-state index contributed by atoms with van der Waals surface area (Å²) in [6.45, 7) is 2.91. The summed E-state index contributed by atoms with van der Waals surface area (Å²) in [4.78, 5) is 8.79. The second-order valence-electron chi connectivity index (χ2n) is 4.33. The van der Waals surface area contributed by atoms with Crippen molar-refractivity contribution in [3.8, 4) is 0 Å². The number of pyridine rings is 1. The third kappa shape index (κ3) is 3.71. The van der Waals surface area contributed by atoms with E-state index in [1.165, 1.54) is 5.56 Å². The van der Waals surface area contributed by atoms with E-state index in [9.17, 15) is 0 Å². The molecule has 0 bridgehead atoms. The number of aliphatic imine (C=N–C) groups is 1. The molecule has 4 nitrogen and oxygen atoms in total. The molecule has 2 heterocycles. The van der Waals surface area contributed by atoms with Crippen LogP contribution in [0.2, 0.25) is 0 Å². The third-order valence-electron chi connectivity index (χ3n) is 2.89. The molecule has 18 heavy (non-hydrogen) atoms. The number of amidine groups is 1. The third-order valence-corrected chi connectivity index (χ3v) is 3.94. The molecular formula is C13H19N3OS. The van der Waals surface area contributed by atoms with Crippen LogP contribution >= 0.6 is 11.8 Å². The molecule has 0 radical (unpaired) electrons. The van der Waals surface area contributed by atoms with E-state index in [2.05, 4.69) is 28.3 Å². The van der Waals surface area contributed by atoms with E-state index in [-0.39, 0.29) is 6.04 Å². The highest BCUT2D eigenvalue weighted by Gasteiger charge is 2.19. The zero-order valence-electron chi connectivity index (χ0n) is 10.8. The van der Waals surface area contributed by atoms with E-state index in [0.29, 0.717) is 6.04 Å². The zero-order valence-corrected chi connectivity index (χ0v) is 11.6. The van der Waals surface area contributed by atoms with Crippen molar-refractivity contribution in [3.05, 3.63) is 30.1 Å². The molecule has 98 valence electrons. The van der Waals surface area contributed by atoms with Gasteiger partial charge in [-0.05, 0) is 25.0 Å². The number of hydrogen-bond donors (Lipinski definition) is 1. The fraction of sp³-hybridized carbons (Fsp3) is 0.538. The lowest BCUT2D eigenvalue weighted by Crippen LogP contribution is -2.23. The Kier molecular flexibility index (Phi) is 5.01. The first kappa shape index (κ1) is 13.4. The average molecular weight is 265 g/mol. The van der Waals surface area contributed by atoms with Gasteiger partial charge in [0.15, 0.2) is 5.17 Å². The maximum absolute atomic E-state index is 5.08. The van der Waals surface area contributed by atoms with Crippen LogP contribution in [0.15, 0.2) is 29.5 Å². The lowest BCUT2D eigenvalue weighted by molar-refractivity contribution is 0.190. The van der Waals surface area contributed by atoms with Gasteiger partial charge in [0.2, 0.25) is 0 Å². The number of aromatic nitrogens is 1. The Morgan fingerprint density at radius 2 is 2.50 bits per heavy atom. The Hall–Kier alpha value is -1.07. The molecule has 0 spiro atoms. The van der Waals surface area contributed by atoms with Gasteiger partial charge >= 0.3 is 0 Å². The number of thioether (sulfide) groups is 1. The van der Waals surface area contributed by atoms with Crippen LogP contribution in [0, 0.1) is 0 Å². The van der Waals surface area contributed by atoms with Gasteiger partial charge in [-0.3, -0.25) is 9.98 Å². The van der Waals surface area contributed by atoms with Crippen molar-refractivity contribution < 1.29 is 4.74 Å². The monoisotopic (exact) mass is 265 g/mol. The first-order valence-corrected chi connectivity index (χ1v) is 7.14. The SMILES string of the molecule is COCCC1CSC(NC(C)c2cccnc2)=N1. The lowest BCUT2D eigenvalue weighted by atomic mass is 10.1. The lowest BCUT2D eigenvalue weighted by Gasteiger charge is -2.14. The summed E-state index contributed by atoms with van der Waals surface area (Å²) in [5.74, 6) is 1.05. The van der Waals surface area contributed by atoms with Crippen LogP contribution in [0.25, 0.3) is 0 Å². The molecule has 0 aliphatic carbocycles. The summed E-state index contributed by atoms with van der Waals surface area (Å²) < 4.78 is 5.08. The van der Waals surface area contributed by atoms with Crippen molar-refractivity contribution in [1.82, 2.24) is 10.3 Å². The van der Waals surface area contributed by atoms with Crippen molar-refractivity contribution in [2.45, 2.75) is 25.4 Å². The van der Waals surface area contributed by atoms with Crippen molar-refractivity contribution in [2.24, 2.45) is 4.99 Å². The van der Waals surface area contributed by atoms with Gasteiger partial charge in [0.05, 0.1) is 12.1 Å². The van der Waals surface area contributed by atoms with Crippen LogP contribution in [-0.2, 0) is 4.74 Å². The molecule has 1 aromatic heterocycles. The van der Waals surface area contributed by atoms with Gasteiger partial charge in [0, 0.05) is 31.9 Å². The Balaban J connectivity index is 1.87. The highest BCUT2D eigenvalue weighted by molar-refractivity contribution is 8.14. The van der Waals surface area contributed by atoms with Crippen LogP contribution in [0.5, 0.6) is 0 Å². The Labute approximate surface area is 112 Å². The second-order valence-corrected chi connectivity index (χ2v) is 5.34. The fourth-order valence-corrected chi connectivity index (χ4v) is 2.87. The van der Waals surface area contributed by atoms with Crippen LogP contribution < -0.4 is 5.32 Å². The molecule has 5 heteroatoms. The van der Waals surface area contributed by atoms with E-state index in [4.69, 9.17) is 4.74 Å². The minimum absolute atomic E-state index is 0.242. The molecule has 1 aromatic rings. The van der Waals surface area contributed by atoms with E-state index in [1.807, 2.05) is 12.3 Å². The molecular weight excluding hydrogens is 246 g/mol. The molecule has 2 unspecified atom stereocenters. The van der Waals surface area contributed by atoms with Gasteiger partial charge in [-0.15, -0.1) is 0 Å². The van der Waals surface area contributed by atoms with Crippen molar-refractivity contribution in [1.29, 1.82) is 0 Å². The minimum Gasteiger partial charge on any atom is -0.385 e. The minimum atomic E-state index is 0.242. The number of ether oxygens (including phenoxy) is 1. The average Bonchev–Trinajstić information content (AvgIpc) is 2.85. The summed E-state index contributed by atoms with van der Waals surface area (Å²) in [6, 6.07) is 4.66. The zero-order chi connectivity index (χ0) is 12.8. The largest absolute Gasteiger partial charge is 0.385 e. The molecule has 1 aliphatic rings. The predicted molar refractivity (Wildman–Crippen MR) is 76.0 cm³/mol. The highest BCUT2D eigenvalue weighted by Crippen LogP contribution is 2.21. The molecule has 2 atom stereocenters. The molecule has 0 saturated carbocycles. The summed E-state index contributed by atoms with van der Waals surface area (Å²) in [5.41, 5.74) is 1.18. The predicted octanol–water partition coefficient (Wildman–Crippen LogP) is 2.24. The molecule has 2 rings (SSSR count). The Bertz CT molecular complexity index is 396. The molecule has 0 saturated heterocycles. The number of methoxy groups -OCH3 is 1. The summed E-state index contributed by atoms with van der Waals surface area (Å²) >= 11 is 1.79. The van der Waals surface area contributed by atoms with Gasteiger partial charge < -0.3 is 10.1 Å². The molecule has 0 amide bonds. The van der Waals surface area contributed by atoms with Crippen LogP contribution in [0.4, 0.5) is 0 Å². The molecule has 1 N–H and O–H groups in total. The second kappa shape index (κ2) is 6.75. The van der Waals surface area contributed by atoms with E-state index in [0.717, 1.165) is 23.9 Å². The van der Waals surface area contributed by atoms with Crippen molar-refractivity contribution in [2.75, 3.05) is 19.5 Å². The number of rotatable bonds is 5. The van der Waals surface area contributed by atoms with Gasteiger partial charge in [0.25, 0.3) is 0 Å². The Morgan fingerprint density at radius 1 is 1.61 bits per heavy atom. The van der Waals surface area contributed by atoms with Crippen molar-refractivity contribution in [3.63, 3.8) is 0 Å². The fourth-order valence-electron chi connectivity index (χ4n) is 1.80. The maximum Gasteiger partial charge on any atom is 0.157 e. The first-order valence-electron chi connectivity index (χ1n) is 6.15. The molecule has 0 aromatic carbocycles. The van der Waals surface area contributed by atoms with Gasteiger partial charge in [-0.1, -0.05) is 17.8 Å². The Morgan fingerprint density at radius 3 is 3.22 bits per heavy atom. The highest BCUT2D eigenvalue weighted by atomic mass is 32.2. The van der Waals surface area contributed by atoms with E-state index < -0.39 is 0 Å². The summed E-state index contributed by atoms with van der Waals surface area (Å²) in [5, 5.41) is 4.47. The van der Waals surface area contributed by atoms with Crippen LogP contribution in [-0.4, -0.2) is 35.7 Å². The molecule has 0 fully saturated rings. The first-order chi connectivity index (χ1) is 8.79. The summed E-state index contributed by atoms with van der Waals surface area (Å²) in [7, 11) is 1.73. The van der Waals surface area contributed by atoms with Gasteiger partial charge in [-0.25, -0.2) is 0 Å². The summed E-state index contributed by atoms with van der Waals surface area (Å²) in [6.07, 6.45) is 4.68. The quantitative estimate of drug-likeness (QED) is 0.887.